The van der Waals surface area contributed by atoms with Gasteiger partial charge < -0.3 is 15.8 Å². The van der Waals surface area contributed by atoms with Crippen molar-refractivity contribution >= 4 is 5.91 Å². The highest BCUT2D eigenvalue weighted by atomic mass is 16.5. The minimum Gasteiger partial charge on any atom is -0.372 e. The van der Waals surface area contributed by atoms with Crippen LogP contribution in [0, 0.1) is 5.92 Å². The van der Waals surface area contributed by atoms with Crippen molar-refractivity contribution in [2.75, 3.05) is 13.7 Å². The van der Waals surface area contributed by atoms with Crippen LogP contribution >= 0.6 is 0 Å². The number of hydrogen-bond donors (Lipinski definition) is 2. The maximum atomic E-state index is 11.6. The molecule has 1 amide bonds. The Kier molecular flexibility index (Phi) is 4.35. The Bertz CT molecular complexity index is 189. The quantitative estimate of drug-likeness (QED) is 0.646. The lowest BCUT2D eigenvalue weighted by Crippen LogP contribution is -2.46. The second kappa shape index (κ2) is 5.32. The van der Waals surface area contributed by atoms with E-state index >= 15 is 0 Å². The lowest BCUT2D eigenvalue weighted by Gasteiger charge is -2.19. The van der Waals surface area contributed by atoms with Crippen LogP contribution in [-0.2, 0) is 9.53 Å². The van der Waals surface area contributed by atoms with Crippen LogP contribution in [0.15, 0.2) is 0 Å². The number of amides is 1. The summed E-state index contributed by atoms with van der Waals surface area (Å²) in [5.41, 5.74) is 5.59. The number of hydrogen-bond acceptors (Lipinski definition) is 3. The molecular formula is C10H20N2O2. The standard InChI is InChI=1S/C10H20N2O2/c1-3-9(14-2)10(13)12-8(6-11)7-4-5-7/h7-9H,3-6,11H2,1-2H3,(H,12,13). The molecule has 0 aromatic carbocycles. The topological polar surface area (TPSA) is 64.3 Å². The van der Waals surface area contributed by atoms with Crippen molar-refractivity contribution in [3.8, 4) is 0 Å². The summed E-state index contributed by atoms with van der Waals surface area (Å²) in [7, 11) is 1.56. The smallest absolute Gasteiger partial charge is 0.249 e. The summed E-state index contributed by atoms with van der Waals surface area (Å²) in [4.78, 5) is 11.6. The second-order valence-electron chi connectivity index (χ2n) is 3.82. The second-order valence-corrected chi connectivity index (χ2v) is 3.82. The van der Waals surface area contributed by atoms with Gasteiger partial charge in [-0.05, 0) is 25.2 Å². The summed E-state index contributed by atoms with van der Waals surface area (Å²) in [5.74, 6) is 0.565. The molecule has 0 spiro atoms. The zero-order chi connectivity index (χ0) is 10.6. The molecule has 1 aliphatic carbocycles. The van der Waals surface area contributed by atoms with Gasteiger partial charge in [-0.15, -0.1) is 0 Å². The molecule has 0 aliphatic heterocycles. The third kappa shape index (κ3) is 2.96. The van der Waals surface area contributed by atoms with Crippen molar-refractivity contribution in [2.45, 2.75) is 38.3 Å². The first-order valence-corrected chi connectivity index (χ1v) is 5.26. The van der Waals surface area contributed by atoms with Crippen LogP contribution in [0.4, 0.5) is 0 Å². The predicted molar refractivity (Wildman–Crippen MR) is 54.8 cm³/mol. The molecule has 0 aromatic rings. The van der Waals surface area contributed by atoms with Crippen molar-refractivity contribution in [1.29, 1.82) is 0 Å². The number of carbonyl (C=O) groups is 1. The van der Waals surface area contributed by atoms with Gasteiger partial charge in [-0.25, -0.2) is 0 Å². The summed E-state index contributed by atoms with van der Waals surface area (Å²) in [6.45, 7) is 2.46. The normalized spacial score (nSPS) is 20.2. The fourth-order valence-electron chi connectivity index (χ4n) is 1.60. The molecule has 2 atom stereocenters. The van der Waals surface area contributed by atoms with E-state index in [1.165, 1.54) is 12.8 Å². The van der Waals surface area contributed by atoms with Crippen molar-refractivity contribution in [1.82, 2.24) is 5.32 Å². The predicted octanol–water partition coefficient (Wildman–Crippen LogP) is 0.265. The summed E-state index contributed by atoms with van der Waals surface area (Å²) in [6.07, 6.45) is 2.74. The van der Waals surface area contributed by atoms with Crippen LogP contribution in [0.5, 0.6) is 0 Å². The molecule has 2 unspecified atom stereocenters. The fourth-order valence-corrected chi connectivity index (χ4v) is 1.60. The first-order chi connectivity index (χ1) is 6.72. The zero-order valence-corrected chi connectivity index (χ0v) is 8.95. The van der Waals surface area contributed by atoms with Gasteiger partial charge in [-0.1, -0.05) is 6.92 Å². The molecule has 82 valence electrons. The number of rotatable bonds is 6. The highest BCUT2D eigenvalue weighted by Crippen LogP contribution is 2.32. The molecule has 0 bridgehead atoms. The lowest BCUT2D eigenvalue weighted by molar-refractivity contribution is -0.132. The minimum absolute atomic E-state index is 0.0302. The number of nitrogens with two attached hydrogens (primary N) is 1. The SMILES string of the molecule is CCC(OC)C(=O)NC(CN)C1CC1. The van der Waals surface area contributed by atoms with Crippen LogP contribution in [0.3, 0.4) is 0 Å². The van der Waals surface area contributed by atoms with Crippen molar-refractivity contribution < 1.29 is 9.53 Å². The number of ether oxygens (including phenoxy) is 1. The Morgan fingerprint density at radius 3 is 2.64 bits per heavy atom. The van der Waals surface area contributed by atoms with E-state index in [1.807, 2.05) is 6.92 Å². The molecule has 14 heavy (non-hydrogen) atoms. The van der Waals surface area contributed by atoms with Gasteiger partial charge in [0.1, 0.15) is 6.10 Å². The summed E-state index contributed by atoms with van der Waals surface area (Å²) < 4.78 is 5.05. The molecule has 0 radical (unpaired) electrons. The summed E-state index contributed by atoms with van der Waals surface area (Å²) >= 11 is 0. The van der Waals surface area contributed by atoms with Gasteiger partial charge in [0.25, 0.3) is 0 Å². The van der Waals surface area contributed by atoms with Crippen molar-refractivity contribution in [3.63, 3.8) is 0 Å². The Balaban J connectivity index is 2.36. The average molecular weight is 200 g/mol. The first kappa shape index (κ1) is 11.5. The third-order valence-corrected chi connectivity index (χ3v) is 2.72. The van der Waals surface area contributed by atoms with Gasteiger partial charge in [0.15, 0.2) is 0 Å². The monoisotopic (exact) mass is 200 g/mol. The lowest BCUT2D eigenvalue weighted by atomic mass is 10.1. The maximum absolute atomic E-state index is 11.6. The molecule has 0 aromatic heterocycles. The van der Waals surface area contributed by atoms with E-state index < -0.39 is 0 Å². The molecule has 4 nitrogen and oxygen atoms in total. The van der Waals surface area contributed by atoms with Crippen LogP contribution in [0.2, 0.25) is 0 Å². The van der Waals surface area contributed by atoms with Gasteiger partial charge in [-0.3, -0.25) is 4.79 Å². The van der Waals surface area contributed by atoms with Gasteiger partial charge in [0.2, 0.25) is 5.91 Å². The summed E-state index contributed by atoms with van der Waals surface area (Å²) in [5, 5.41) is 2.94. The van der Waals surface area contributed by atoms with Gasteiger partial charge in [-0.2, -0.15) is 0 Å². The molecule has 0 heterocycles. The molecule has 1 aliphatic rings. The first-order valence-electron chi connectivity index (χ1n) is 5.26. The third-order valence-electron chi connectivity index (χ3n) is 2.72. The Hall–Kier alpha value is -0.610. The average Bonchev–Trinajstić information content (AvgIpc) is 2.99. The van der Waals surface area contributed by atoms with Crippen LogP contribution in [0.25, 0.3) is 0 Å². The highest BCUT2D eigenvalue weighted by Gasteiger charge is 2.32. The van der Waals surface area contributed by atoms with Gasteiger partial charge in [0.05, 0.1) is 0 Å². The number of carbonyl (C=O) groups excluding carboxylic acids is 1. The fraction of sp³-hybridized carbons (Fsp3) is 0.900. The van der Waals surface area contributed by atoms with E-state index in [0.717, 1.165) is 0 Å². The van der Waals surface area contributed by atoms with Crippen molar-refractivity contribution in [2.24, 2.45) is 11.7 Å². The molecular weight excluding hydrogens is 180 g/mol. The van der Waals surface area contributed by atoms with E-state index in [1.54, 1.807) is 7.11 Å². The molecule has 1 saturated carbocycles. The number of methoxy groups -OCH3 is 1. The maximum Gasteiger partial charge on any atom is 0.249 e. The molecule has 0 saturated heterocycles. The van der Waals surface area contributed by atoms with Crippen molar-refractivity contribution in [3.05, 3.63) is 0 Å². The minimum atomic E-state index is -0.331. The van der Waals surface area contributed by atoms with E-state index in [0.29, 0.717) is 18.9 Å². The van der Waals surface area contributed by atoms with Gasteiger partial charge in [0, 0.05) is 19.7 Å². The highest BCUT2D eigenvalue weighted by molar-refractivity contribution is 5.81. The van der Waals surface area contributed by atoms with E-state index in [9.17, 15) is 4.79 Å². The largest absolute Gasteiger partial charge is 0.372 e. The van der Waals surface area contributed by atoms with E-state index in [4.69, 9.17) is 10.5 Å². The zero-order valence-electron chi connectivity index (χ0n) is 8.95. The number of nitrogens with one attached hydrogen (secondary N) is 1. The van der Waals surface area contributed by atoms with E-state index in [-0.39, 0.29) is 18.1 Å². The van der Waals surface area contributed by atoms with Gasteiger partial charge >= 0.3 is 0 Å². The van der Waals surface area contributed by atoms with Crippen LogP contribution in [-0.4, -0.2) is 31.7 Å². The molecule has 4 heteroatoms. The Morgan fingerprint density at radius 2 is 2.29 bits per heavy atom. The Labute approximate surface area is 85.2 Å². The molecule has 1 rings (SSSR count). The Morgan fingerprint density at radius 1 is 1.64 bits per heavy atom. The van der Waals surface area contributed by atoms with Crippen LogP contribution < -0.4 is 11.1 Å². The van der Waals surface area contributed by atoms with E-state index in [2.05, 4.69) is 5.32 Å². The molecule has 1 fully saturated rings. The van der Waals surface area contributed by atoms with Crippen LogP contribution in [0.1, 0.15) is 26.2 Å². The molecule has 3 N–H and O–H groups in total. The summed E-state index contributed by atoms with van der Waals surface area (Å²) in [6, 6.07) is 0.145.